The van der Waals surface area contributed by atoms with Crippen LogP contribution in [-0.4, -0.2) is 17.5 Å². The fourth-order valence-corrected chi connectivity index (χ4v) is 2.43. The third kappa shape index (κ3) is 2.96. The number of hydrogen-bond donors (Lipinski definition) is 2. The van der Waals surface area contributed by atoms with Crippen LogP contribution in [0.15, 0.2) is 12.1 Å². The minimum atomic E-state index is -0.0715. The predicted molar refractivity (Wildman–Crippen MR) is 78.7 cm³/mol. The number of anilines is 2. The lowest BCUT2D eigenvalue weighted by Gasteiger charge is -2.10. The number of fused-ring (bicyclic) bond motifs is 1. The average molecular weight is 279 g/mol. The number of hydrogen-bond acceptors (Lipinski definition) is 5. The van der Waals surface area contributed by atoms with E-state index < -0.39 is 0 Å². The Morgan fingerprint density at radius 2 is 2.26 bits per heavy atom. The topological polar surface area (TPSA) is 77.2 Å². The quantitative estimate of drug-likeness (QED) is 0.902. The summed E-state index contributed by atoms with van der Waals surface area (Å²) in [5.41, 5.74) is 7.17. The Kier molecular flexibility index (Phi) is 3.90. The molecule has 0 saturated heterocycles. The summed E-state index contributed by atoms with van der Waals surface area (Å²) in [6.45, 7) is 6.14. The zero-order chi connectivity index (χ0) is 14.0. The predicted octanol–water partition coefficient (Wildman–Crippen LogP) is 2.87. The third-order valence-electron chi connectivity index (χ3n) is 2.57. The molecule has 6 heteroatoms. The van der Waals surface area contributed by atoms with Crippen molar-refractivity contribution in [2.45, 2.75) is 20.8 Å². The molecule has 0 atom stereocenters. The molecule has 1 heterocycles. The number of benzene rings is 1. The van der Waals surface area contributed by atoms with Gasteiger partial charge in [-0.15, -0.1) is 0 Å². The van der Waals surface area contributed by atoms with Crippen molar-refractivity contribution in [3.05, 3.63) is 12.1 Å². The largest absolute Gasteiger partial charge is 0.491 e. The molecular formula is C13H17N3O2S. The number of carbonyl (C=O) groups excluding carboxylic acids is 1. The average Bonchev–Trinajstić information content (AvgIpc) is 2.70. The van der Waals surface area contributed by atoms with Gasteiger partial charge in [-0.1, -0.05) is 25.2 Å². The summed E-state index contributed by atoms with van der Waals surface area (Å²) in [4.78, 5) is 16.0. The molecule has 1 aromatic heterocycles. The molecule has 102 valence electrons. The molecule has 0 aliphatic carbocycles. The fourth-order valence-electron chi connectivity index (χ4n) is 1.64. The van der Waals surface area contributed by atoms with E-state index in [2.05, 4.69) is 10.3 Å². The van der Waals surface area contributed by atoms with Gasteiger partial charge in [-0.25, -0.2) is 4.98 Å². The highest BCUT2D eigenvalue weighted by molar-refractivity contribution is 7.22. The van der Waals surface area contributed by atoms with Crippen LogP contribution in [0.2, 0.25) is 0 Å². The molecule has 0 aliphatic rings. The molecule has 0 unspecified atom stereocenters. The van der Waals surface area contributed by atoms with Crippen molar-refractivity contribution in [3.8, 4) is 5.75 Å². The number of nitrogens with zero attached hydrogens (tertiary/aromatic N) is 1. The fraction of sp³-hybridized carbons (Fsp3) is 0.385. The molecule has 3 N–H and O–H groups in total. The van der Waals surface area contributed by atoms with E-state index >= 15 is 0 Å². The highest BCUT2D eigenvalue weighted by Gasteiger charge is 2.13. The number of carbonyl (C=O) groups is 1. The lowest BCUT2D eigenvalue weighted by molar-refractivity contribution is -0.118. The van der Waals surface area contributed by atoms with Crippen LogP contribution < -0.4 is 15.8 Å². The number of amides is 1. The first-order valence-corrected chi connectivity index (χ1v) is 6.96. The van der Waals surface area contributed by atoms with E-state index in [0.29, 0.717) is 23.2 Å². The van der Waals surface area contributed by atoms with Gasteiger partial charge in [-0.3, -0.25) is 4.79 Å². The van der Waals surface area contributed by atoms with Gasteiger partial charge in [0.15, 0.2) is 5.13 Å². The third-order valence-corrected chi connectivity index (χ3v) is 3.40. The maximum Gasteiger partial charge on any atom is 0.226 e. The van der Waals surface area contributed by atoms with Crippen molar-refractivity contribution in [2.24, 2.45) is 5.92 Å². The second kappa shape index (κ2) is 5.44. The summed E-state index contributed by atoms with van der Waals surface area (Å²) in [5, 5.41) is 3.35. The molecule has 1 amide bonds. The van der Waals surface area contributed by atoms with Gasteiger partial charge in [0.2, 0.25) is 5.91 Å². The first-order chi connectivity index (χ1) is 9.01. The van der Waals surface area contributed by atoms with E-state index in [9.17, 15) is 4.79 Å². The second-order valence-electron chi connectivity index (χ2n) is 4.45. The standard InChI is InChI=1S/C13H17N3O2S/c1-4-18-9-5-8(15-12(17)7(2)3)6-10-11(9)16-13(14)19-10/h5-7H,4H2,1-3H3,(H2,14,16)(H,15,17). The van der Waals surface area contributed by atoms with E-state index in [1.165, 1.54) is 11.3 Å². The van der Waals surface area contributed by atoms with E-state index in [1.807, 2.05) is 26.8 Å². The monoisotopic (exact) mass is 279 g/mol. The molecule has 0 fully saturated rings. The van der Waals surface area contributed by atoms with Gasteiger partial charge >= 0.3 is 0 Å². The summed E-state index contributed by atoms with van der Waals surface area (Å²) in [5.74, 6) is 0.545. The van der Waals surface area contributed by atoms with E-state index in [1.54, 1.807) is 6.07 Å². The van der Waals surface area contributed by atoms with Crippen LogP contribution in [0.4, 0.5) is 10.8 Å². The number of nitrogens with one attached hydrogen (secondary N) is 1. The Labute approximate surface area is 115 Å². The first kappa shape index (κ1) is 13.6. The van der Waals surface area contributed by atoms with Gasteiger partial charge in [0.1, 0.15) is 11.3 Å². The smallest absolute Gasteiger partial charge is 0.226 e. The van der Waals surface area contributed by atoms with Crippen LogP contribution >= 0.6 is 11.3 Å². The van der Waals surface area contributed by atoms with Gasteiger partial charge < -0.3 is 15.8 Å². The molecule has 19 heavy (non-hydrogen) atoms. The summed E-state index contributed by atoms with van der Waals surface area (Å²) < 4.78 is 6.46. The molecule has 5 nitrogen and oxygen atoms in total. The zero-order valence-corrected chi connectivity index (χ0v) is 12.0. The summed E-state index contributed by atoms with van der Waals surface area (Å²) in [6.07, 6.45) is 0. The van der Waals surface area contributed by atoms with Gasteiger partial charge in [0.05, 0.1) is 11.3 Å². The zero-order valence-electron chi connectivity index (χ0n) is 11.2. The highest BCUT2D eigenvalue weighted by Crippen LogP contribution is 2.34. The maximum atomic E-state index is 11.7. The van der Waals surface area contributed by atoms with Gasteiger partial charge in [0.25, 0.3) is 0 Å². The normalized spacial score (nSPS) is 10.9. The van der Waals surface area contributed by atoms with E-state index in [-0.39, 0.29) is 11.8 Å². The van der Waals surface area contributed by atoms with Crippen molar-refractivity contribution in [3.63, 3.8) is 0 Å². The lowest BCUT2D eigenvalue weighted by atomic mass is 10.2. The van der Waals surface area contributed by atoms with Gasteiger partial charge in [0, 0.05) is 17.7 Å². The van der Waals surface area contributed by atoms with Crippen molar-refractivity contribution < 1.29 is 9.53 Å². The van der Waals surface area contributed by atoms with Crippen molar-refractivity contribution in [1.82, 2.24) is 4.98 Å². The minimum Gasteiger partial charge on any atom is -0.491 e. The van der Waals surface area contributed by atoms with Crippen molar-refractivity contribution in [1.29, 1.82) is 0 Å². The lowest BCUT2D eigenvalue weighted by Crippen LogP contribution is -2.17. The molecule has 0 saturated carbocycles. The van der Waals surface area contributed by atoms with Crippen LogP contribution in [-0.2, 0) is 4.79 Å². The molecule has 2 aromatic rings. The number of nitrogen functional groups attached to an aromatic ring is 1. The van der Waals surface area contributed by atoms with E-state index in [4.69, 9.17) is 10.5 Å². The highest BCUT2D eigenvalue weighted by atomic mass is 32.1. The minimum absolute atomic E-state index is 0.0284. The Morgan fingerprint density at radius 3 is 2.89 bits per heavy atom. The Hall–Kier alpha value is -1.82. The number of ether oxygens (including phenoxy) is 1. The first-order valence-electron chi connectivity index (χ1n) is 6.15. The Bertz CT molecular complexity index is 607. The van der Waals surface area contributed by atoms with E-state index in [0.717, 1.165) is 10.2 Å². The van der Waals surface area contributed by atoms with Crippen LogP contribution in [0.1, 0.15) is 20.8 Å². The maximum absolute atomic E-state index is 11.7. The Morgan fingerprint density at radius 1 is 1.53 bits per heavy atom. The Balaban J connectivity index is 2.42. The molecule has 0 spiro atoms. The van der Waals surface area contributed by atoms with Gasteiger partial charge in [-0.05, 0) is 13.0 Å². The number of nitrogens with two attached hydrogens (primary N) is 1. The molecule has 2 rings (SSSR count). The SMILES string of the molecule is CCOc1cc(NC(=O)C(C)C)cc2sc(N)nc12. The molecule has 0 bridgehead atoms. The summed E-state index contributed by atoms with van der Waals surface area (Å²) >= 11 is 1.38. The number of rotatable bonds is 4. The molecule has 1 aromatic carbocycles. The number of aromatic nitrogens is 1. The molecule has 0 aliphatic heterocycles. The summed E-state index contributed by atoms with van der Waals surface area (Å²) in [6, 6.07) is 3.65. The summed E-state index contributed by atoms with van der Waals surface area (Å²) in [7, 11) is 0. The molecule has 0 radical (unpaired) electrons. The number of thiazole rings is 1. The molecular weight excluding hydrogens is 262 g/mol. The van der Waals surface area contributed by atoms with Crippen LogP contribution in [0, 0.1) is 5.92 Å². The second-order valence-corrected chi connectivity index (χ2v) is 5.51. The van der Waals surface area contributed by atoms with Crippen LogP contribution in [0.3, 0.4) is 0 Å². The van der Waals surface area contributed by atoms with Crippen molar-refractivity contribution in [2.75, 3.05) is 17.7 Å². The van der Waals surface area contributed by atoms with Crippen molar-refractivity contribution >= 4 is 38.3 Å². The van der Waals surface area contributed by atoms with Gasteiger partial charge in [-0.2, -0.15) is 0 Å². The van der Waals surface area contributed by atoms with Crippen LogP contribution in [0.5, 0.6) is 5.75 Å². The van der Waals surface area contributed by atoms with Crippen LogP contribution in [0.25, 0.3) is 10.2 Å².